The van der Waals surface area contributed by atoms with Gasteiger partial charge in [-0.2, -0.15) is 0 Å². The van der Waals surface area contributed by atoms with E-state index >= 15 is 0 Å². The standard InChI is InChI=1S/C21H22N4O3S/c1-27-18-5-4-16(13-19(18)28-14-15-6-8-22-9-7-15)24-20(26)17-3-2-11-25(17)21-23-10-12-29-21/h4-10,12-13,17H,2-3,11,14H2,1H3,(H,24,26). The number of nitrogens with zero attached hydrogens (tertiary/aromatic N) is 3. The topological polar surface area (TPSA) is 76.6 Å². The van der Waals surface area contributed by atoms with E-state index in [9.17, 15) is 4.79 Å². The largest absolute Gasteiger partial charge is 0.493 e. The summed E-state index contributed by atoms with van der Waals surface area (Å²) in [7, 11) is 1.59. The number of aromatic nitrogens is 2. The summed E-state index contributed by atoms with van der Waals surface area (Å²) >= 11 is 1.55. The number of carbonyl (C=O) groups is 1. The number of pyridine rings is 1. The van der Waals surface area contributed by atoms with Crippen LogP contribution >= 0.6 is 11.3 Å². The van der Waals surface area contributed by atoms with Gasteiger partial charge in [-0.15, -0.1) is 11.3 Å². The first-order valence-corrected chi connectivity index (χ1v) is 10.3. The molecule has 1 N–H and O–H groups in total. The Morgan fingerprint density at radius 3 is 2.86 bits per heavy atom. The predicted molar refractivity (Wildman–Crippen MR) is 113 cm³/mol. The molecule has 2 aromatic heterocycles. The minimum atomic E-state index is -0.218. The highest BCUT2D eigenvalue weighted by Crippen LogP contribution is 2.32. The van der Waals surface area contributed by atoms with E-state index in [-0.39, 0.29) is 11.9 Å². The number of carbonyl (C=O) groups excluding carboxylic acids is 1. The summed E-state index contributed by atoms with van der Waals surface area (Å²) in [6.45, 7) is 1.23. The summed E-state index contributed by atoms with van der Waals surface area (Å²) in [4.78, 5) is 23.3. The van der Waals surface area contributed by atoms with Crippen LogP contribution in [0.25, 0.3) is 0 Å². The highest BCUT2D eigenvalue weighted by atomic mass is 32.1. The molecule has 1 amide bonds. The Morgan fingerprint density at radius 2 is 2.10 bits per heavy atom. The van der Waals surface area contributed by atoms with Gasteiger partial charge in [-0.05, 0) is 42.7 Å². The second kappa shape index (κ2) is 8.91. The molecule has 1 aliphatic rings. The SMILES string of the molecule is COc1ccc(NC(=O)C2CCCN2c2nccs2)cc1OCc1ccncc1. The van der Waals surface area contributed by atoms with Gasteiger partial charge in [0.05, 0.1) is 7.11 Å². The zero-order valence-electron chi connectivity index (χ0n) is 16.1. The van der Waals surface area contributed by atoms with Gasteiger partial charge in [0.2, 0.25) is 5.91 Å². The molecule has 150 valence electrons. The van der Waals surface area contributed by atoms with Crippen LogP contribution < -0.4 is 19.7 Å². The Hall–Kier alpha value is -3.13. The van der Waals surface area contributed by atoms with Gasteiger partial charge >= 0.3 is 0 Å². The predicted octanol–water partition coefficient (Wildman–Crippen LogP) is 3.73. The third-order valence-corrected chi connectivity index (χ3v) is 5.60. The van der Waals surface area contributed by atoms with E-state index < -0.39 is 0 Å². The minimum Gasteiger partial charge on any atom is -0.493 e. The Bertz CT molecular complexity index is 950. The van der Waals surface area contributed by atoms with Gasteiger partial charge in [-0.1, -0.05) is 0 Å². The van der Waals surface area contributed by atoms with Crippen LogP contribution in [0, 0.1) is 0 Å². The van der Waals surface area contributed by atoms with Crippen LogP contribution in [0.1, 0.15) is 18.4 Å². The van der Waals surface area contributed by atoms with Crippen molar-refractivity contribution in [1.82, 2.24) is 9.97 Å². The number of methoxy groups -OCH3 is 1. The van der Waals surface area contributed by atoms with Crippen LogP contribution in [0.15, 0.2) is 54.3 Å². The van der Waals surface area contributed by atoms with E-state index in [1.165, 1.54) is 0 Å². The number of nitrogens with one attached hydrogen (secondary N) is 1. The number of amides is 1. The molecule has 1 aromatic carbocycles. The lowest BCUT2D eigenvalue weighted by molar-refractivity contribution is -0.117. The van der Waals surface area contributed by atoms with Gasteiger partial charge in [-0.25, -0.2) is 4.98 Å². The quantitative estimate of drug-likeness (QED) is 0.640. The molecular weight excluding hydrogens is 388 g/mol. The summed E-state index contributed by atoms with van der Waals surface area (Å²) < 4.78 is 11.3. The number of hydrogen-bond acceptors (Lipinski definition) is 7. The van der Waals surface area contributed by atoms with Crippen LogP contribution in [-0.4, -0.2) is 35.6 Å². The molecule has 0 spiro atoms. The molecule has 3 heterocycles. The van der Waals surface area contributed by atoms with Crippen molar-refractivity contribution in [1.29, 1.82) is 0 Å². The molecule has 0 bridgehead atoms. The van der Waals surface area contributed by atoms with Gasteiger partial charge in [0.15, 0.2) is 16.6 Å². The molecule has 1 saturated heterocycles. The molecular formula is C21H22N4O3S. The van der Waals surface area contributed by atoms with Gasteiger partial charge in [-0.3, -0.25) is 9.78 Å². The first kappa shape index (κ1) is 19.2. The van der Waals surface area contributed by atoms with E-state index in [1.807, 2.05) is 23.6 Å². The fourth-order valence-electron chi connectivity index (χ4n) is 3.36. The first-order chi connectivity index (χ1) is 14.2. The van der Waals surface area contributed by atoms with E-state index in [4.69, 9.17) is 9.47 Å². The third-order valence-electron chi connectivity index (χ3n) is 4.80. The zero-order valence-corrected chi connectivity index (χ0v) is 16.9. The highest BCUT2D eigenvalue weighted by Gasteiger charge is 2.32. The molecule has 0 aliphatic carbocycles. The molecule has 1 fully saturated rings. The number of anilines is 2. The fourth-order valence-corrected chi connectivity index (χ4v) is 4.08. The summed E-state index contributed by atoms with van der Waals surface area (Å²) in [5.41, 5.74) is 1.67. The highest BCUT2D eigenvalue weighted by molar-refractivity contribution is 7.13. The molecule has 8 heteroatoms. The number of thiazole rings is 1. The van der Waals surface area contributed by atoms with Crippen molar-refractivity contribution in [2.45, 2.75) is 25.5 Å². The maximum atomic E-state index is 12.9. The molecule has 0 radical (unpaired) electrons. The molecule has 3 aromatic rings. The van der Waals surface area contributed by atoms with E-state index in [0.717, 1.165) is 30.1 Å². The molecule has 4 rings (SSSR count). The second-order valence-corrected chi connectivity index (χ2v) is 7.54. The van der Waals surface area contributed by atoms with Gasteiger partial charge in [0, 0.05) is 42.3 Å². The summed E-state index contributed by atoms with van der Waals surface area (Å²) in [5.74, 6) is 1.15. The van der Waals surface area contributed by atoms with Crippen LogP contribution in [0.5, 0.6) is 11.5 Å². The van der Waals surface area contributed by atoms with Crippen LogP contribution in [-0.2, 0) is 11.4 Å². The lowest BCUT2D eigenvalue weighted by Gasteiger charge is -2.23. The average molecular weight is 410 g/mol. The van der Waals surface area contributed by atoms with E-state index in [1.54, 1.807) is 49.2 Å². The van der Waals surface area contributed by atoms with Crippen molar-refractivity contribution in [2.24, 2.45) is 0 Å². The molecule has 29 heavy (non-hydrogen) atoms. The Morgan fingerprint density at radius 1 is 1.24 bits per heavy atom. The van der Waals surface area contributed by atoms with Crippen LogP contribution in [0.3, 0.4) is 0 Å². The third kappa shape index (κ3) is 4.48. The van der Waals surface area contributed by atoms with Crippen molar-refractivity contribution in [3.63, 3.8) is 0 Å². The number of benzene rings is 1. The Labute approximate surface area is 173 Å². The van der Waals surface area contributed by atoms with Crippen molar-refractivity contribution in [2.75, 3.05) is 23.9 Å². The Kier molecular flexibility index (Phi) is 5.90. The van der Waals surface area contributed by atoms with Gasteiger partial charge < -0.3 is 19.7 Å². The summed E-state index contributed by atoms with van der Waals surface area (Å²) in [5, 5.41) is 5.83. The van der Waals surface area contributed by atoms with E-state index in [2.05, 4.69) is 20.2 Å². The van der Waals surface area contributed by atoms with Crippen molar-refractivity contribution in [3.05, 3.63) is 59.9 Å². The maximum absolute atomic E-state index is 12.9. The molecule has 1 unspecified atom stereocenters. The van der Waals surface area contributed by atoms with Crippen molar-refractivity contribution < 1.29 is 14.3 Å². The number of ether oxygens (including phenoxy) is 2. The average Bonchev–Trinajstić information content (AvgIpc) is 3.44. The Balaban J connectivity index is 1.46. The van der Waals surface area contributed by atoms with Crippen molar-refractivity contribution >= 4 is 28.1 Å². The first-order valence-electron chi connectivity index (χ1n) is 9.41. The zero-order chi connectivity index (χ0) is 20.1. The normalized spacial score (nSPS) is 15.9. The fraction of sp³-hybridized carbons (Fsp3) is 0.286. The van der Waals surface area contributed by atoms with E-state index in [0.29, 0.717) is 23.8 Å². The summed E-state index contributed by atoms with van der Waals surface area (Å²) in [6.07, 6.45) is 7.00. The lowest BCUT2D eigenvalue weighted by atomic mass is 10.2. The molecule has 0 saturated carbocycles. The van der Waals surface area contributed by atoms with Gasteiger partial charge in [0.1, 0.15) is 12.6 Å². The molecule has 7 nitrogen and oxygen atoms in total. The van der Waals surface area contributed by atoms with Crippen molar-refractivity contribution in [3.8, 4) is 11.5 Å². The summed E-state index contributed by atoms with van der Waals surface area (Å²) in [6, 6.07) is 8.98. The maximum Gasteiger partial charge on any atom is 0.247 e. The lowest BCUT2D eigenvalue weighted by Crippen LogP contribution is -2.39. The number of hydrogen-bond donors (Lipinski definition) is 1. The van der Waals surface area contributed by atoms with Crippen LogP contribution in [0.4, 0.5) is 10.8 Å². The molecule has 1 aliphatic heterocycles. The minimum absolute atomic E-state index is 0.0389. The van der Waals surface area contributed by atoms with Crippen LogP contribution in [0.2, 0.25) is 0 Å². The number of rotatable bonds is 7. The molecule has 1 atom stereocenters. The smallest absolute Gasteiger partial charge is 0.247 e. The second-order valence-electron chi connectivity index (χ2n) is 6.67. The van der Waals surface area contributed by atoms with Gasteiger partial charge in [0.25, 0.3) is 0 Å². The monoisotopic (exact) mass is 410 g/mol.